The molecule has 0 aromatic heterocycles. The molecule has 1 rings (SSSR count). The predicted octanol–water partition coefficient (Wildman–Crippen LogP) is 4.92. The summed E-state index contributed by atoms with van der Waals surface area (Å²) in [4.78, 5) is 4.40. The van der Waals surface area contributed by atoms with E-state index in [9.17, 15) is 0 Å². The molecule has 0 bridgehead atoms. The van der Waals surface area contributed by atoms with Crippen LogP contribution in [0.5, 0.6) is 0 Å². The Morgan fingerprint density at radius 3 is 2.44 bits per heavy atom. The van der Waals surface area contributed by atoms with Gasteiger partial charge in [-0.25, -0.2) is 0 Å². The molecular weight excluding hydrogens is 194 g/mol. The summed E-state index contributed by atoms with van der Waals surface area (Å²) in [6, 6.07) is 10.1. The lowest BCUT2D eigenvalue weighted by Crippen LogP contribution is -1.78. The van der Waals surface area contributed by atoms with E-state index in [0.29, 0.717) is 0 Å². The lowest BCUT2D eigenvalue weighted by molar-refractivity contribution is 0.780. The maximum absolute atomic E-state index is 4.40. The van der Waals surface area contributed by atoms with Crippen LogP contribution >= 0.6 is 0 Å². The second-order valence-corrected chi connectivity index (χ2v) is 4.21. The average Bonchev–Trinajstić information content (AvgIpc) is 2.29. The van der Waals surface area contributed by atoms with Crippen molar-refractivity contribution < 1.29 is 0 Å². The van der Waals surface area contributed by atoms with Crippen LogP contribution in [0.3, 0.4) is 0 Å². The van der Waals surface area contributed by atoms with Crippen LogP contribution in [0.25, 0.3) is 0 Å². The van der Waals surface area contributed by atoms with E-state index >= 15 is 0 Å². The van der Waals surface area contributed by atoms with E-state index in [-0.39, 0.29) is 0 Å². The Hall–Kier alpha value is -1.37. The van der Waals surface area contributed by atoms with E-state index in [1.807, 2.05) is 36.5 Å². The molecule has 0 N–H and O–H groups in total. The van der Waals surface area contributed by atoms with Crippen LogP contribution < -0.4 is 0 Å². The lowest BCUT2D eigenvalue weighted by atomic mass is 10.1. The Kier molecular flexibility index (Phi) is 6.24. The number of aliphatic imine (C=N–C) groups is 1. The topological polar surface area (TPSA) is 12.4 Å². The lowest BCUT2D eigenvalue weighted by Gasteiger charge is -1.94. The van der Waals surface area contributed by atoms with Crippen molar-refractivity contribution in [3.05, 3.63) is 42.0 Å². The highest BCUT2D eigenvalue weighted by Gasteiger charge is 1.86. The highest BCUT2D eigenvalue weighted by molar-refractivity contribution is 5.62. The van der Waals surface area contributed by atoms with Gasteiger partial charge in [0.1, 0.15) is 0 Å². The van der Waals surface area contributed by atoms with Crippen molar-refractivity contribution >= 4 is 11.9 Å². The molecule has 0 unspecified atom stereocenters. The molecule has 0 aliphatic carbocycles. The number of hydrogen-bond donors (Lipinski definition) is 0. The molecule has 1 aromatic rings. The monoisotopic (exact) mass is 215 g/mol. The number of allylic oxidation sites excluding steroid dienone is 2. The summed E-state index contributed by atoms with van der Waals surface area (Å²) in [6.45, 7) is 4.30. The molecule has 0 heterocycles. The van der Waals surface area contributed by atoms with Gasteiger partial charge in [-0.15, -0.1) is 0 Å². The molecule has 1 nitrogen and oxygen atoms in total. The van der Waals surface area contributed by atoms with Crippen molar-refractivity contribution in [2.24, 2.45) is 4.99 Å². The van der Waals surface area contributed by atoms with Gasteiger partial charge in [0.2, 0.25) is 0 Å². The number of benzene rings is 1. The van der Waals surface area contributed by atoms with E-state index in [1.54, 1.807) is 0 Å². The van der Waals surface area contributed by atoms with Crippen molar-refractivity contribution in [2.75, 3.05) is 0 Å². The number of hydrogen-bond acceptors (Lipinski definition) is 1. The third-order valence-electron chi connectivity index (χ3n) is 2.34. The van der Waals surface area contributed by atoms with Gasteiger partial charge in [0.05, 0.1) is 5.69 Å². The fourth-order valence-corrected chi connectivity index (χ4v) is 1.45. The maximum atomic E-state index is 4.40. The van der Waals surface area contributed by atoms with Gasteiger partial charge in [0.25, 0.3) is 0 Å². The smallest absolute Gasteiger partial charge is 0.0625 e. The summed E-state index contributed by atoms with van der Waals surface area (Å²) in [6.07, 6.45) is 9.07. The van der Waals surface area contributed by atoms with E-state index in [4.69, 9.17) is 0 Å². The first-order valence-electron chi connectivity index (χ1n) is 6.00. The first kappa shape index (κ1) is 12.7. The Morgan fingerprint density at radius 2 is 1.75 bits per heavy atom. The first-order valence-corrected chi connectivity index (χ1v) is 6.00. The van der Waals surface area contributed by atoms with Gasteiger partial charge in [0, 0.05) is 6.21 Å². The zero-order valence-electron chi connectivity index (χ0n) is 10.3. The summed E-state index contributed by atoms with van der Waals surface area (Å²) in [7, 11) is 0. The maximum Gasteiger partial charge on any atom is 0.0625 e. The third kappa shape index (κ3) is 6.18. The summed E-state index contributed by atoms with van der Waals surface area (Å²) < 4.78 is 0. The van der Waals surface area contributed by atoms with Crippen LogP contribution in [0.4, 0.5) is 5.69 Å². The number of unbranched alkanes of at least 4 members (excludes halogenated alkanes) is 3. The molecule has 1 aromatic carbocycles. The second-order valence-electron chi connectivity index (χ2n) is 4.21. The van der Waals surface area contributed by atoms with E-state index < -0.39 is 0 Å². The zero-order valence-corrected chi connectivity index (χ0v) is 10.3. The Morgan fingerprint density at radius 1 is 1.06 bits per heavy atom. The normalized spacial score (nSPS) is 10.6. The van der Waals surface area contributed by atoms with Crippen LogP contribution in [0.1, 0.15) is 39.5 Å². The summed E-state index contributed by atoms with van der Waals surface area (Å²) in [5.41, 5.74) is 2.46. The summed E-state index contributed by atoms with van der Waals surface area (Å²) in [5, 5.41) is 0. The minimum absolute atomic E-state index is 1.05. The molecule has 16 heavy (non-hydrogen) atoms. The molecule has 0 amide bonds. The van der Waals surface area contributed by atoms with Gasteiger partial charge in [-0.3, -0.25) is 4.99 Å². The minimum Gasteiger partial charge on any atom is -0.261 e. The predicted molar refractivity (Wildman–Crippen MR) is 72.5 cm³/mol. The molecule has 0 atom stereocenters. The van der Waals surface area contributed by atoms with E-state index in [2.05, 4.69) is 24.9 Å². The Balaban J connectivity index is 2.12. The van der Waals surface area contributed by atoms with Crippen LogP contribution in [-0.4, -0.2) is 6.21 Å². The molecule has 0 radical (unpaired) electrons. The summed E-state index contributed by atoms with van der Waals surface area (Å²) in [5.74, 6) is 0. The number of rotatable bonds is 6. The van der Waals surface area contributed by atoms with Gasteiger partial charge in [-0.2, -0.15) is 0 Å². The molecule has 0 saturated heterocycles. The van der Waals surface area contributed by atoms with Crippen molar-refractivity contribution in [3.63, 3.8) is 0 Å². The highest BCUT2D eigenvalue weighted by atomic mass is 14.7. The van der Waals surface area contributed by atoms with Crippen molar-refractivity contribution in [1.82, 2.24) is 0 Å². The molecule has 0 aliphatic heterocycles. The van der Waals surface area contributed by atoms with Crippen LogP contribution in [0, 0.1) is 0 Å². The molecule has 0 saturated carbocycles. The molecule has 0 fully saturated rings. The van der Waals surface area contributed by atoms with E-state index in [1.165, 1.54) is 24.8 Å². The molecule has 1 heteroatoms. The quantitative estimate of drug-likeness (QED) is 0.363. The Bertz CT molecular complexity index is 332. The largest absolute Gasteiger partial charge is 0.261 e. The molecule has 0 spiro atoms. The highest BCUT2D eigenvalue weighted by Crippen LogP contribution is 2.09. The van der Waals surface area contributed by atoms with Crippen molar-refractivity contribution in [1.29, 1.82) is 0 Å². The van der Waals surface area contributed by atoms with Gasteiger partial charge >= 0.3 is 0 Å². The molecule has 86 valence electrons. The first-order chi connectivity index (χ1) is 7.79. The van der Waals surface area contributed by atoms with Crippen LogP contribution in [0.15, 0.2) is 47.0 Å². The Labute approximate surface area is 98.9 Å². The number of para-hydroxylation sites is 1. The summed E-state index contributed by atoms with van der Waals surface area (Å²) >= 11 is 0. The fourth-order valence-electron chi connectivity index (χ4n) is 1.45. The SMILES string of the molecule is CC(C)=CCCCCC=Nc1ccccc1. The van der Waals surface area contributed by atoms with Gasteiger partial charge in [-0.1, -0.05) is 29.8 Å². The number of nitrogens with zero attached hydrogens (tertiary/aromatic N) is 1. The second kappa shape index (κ2) is 7.86. The van der Waals surface area contributed by atoms with E-state index in [0.717, 1.165) is 12.1 Å². The van der Waals surface area contributed by atoms with Crippen molar-refractivity contribution in [2.45, 2.75) is 39.5 Å². The third-order valence-corrected chi connectivity index (χ3v) is 2.34. The van der Waals surface area contributed by atoms with Crippen LogP contribution in [-0.2, 0) is 0 Å². The average molecular weight is 215 g/mol. The standard InChI is InChI=1S/C15H21N/c1-14(2)10-6-3-4-9-13-16-15-11-7-5-8-12-15/h5,7-8,10-13H,3-4,6,9H2,1-2H3. The van der Waals surface area contributed by atoms with Gasteiger partial charge in [0.15, 0.2) is 0 Å². The molecule has 0 aliphatic rings. The molecular formula is C15H21N. The van der Waals surface area contributed by atoms with Gasteiger partial charge in [-0.05, 0) is 51.7 Å². The fraction of sp³-hybridized carbons (Fsp3) is 0.400. The van der Waals surface area contributed by atoms with Crippen molar-refractivity contribution in [3.8, 4) is 0 Å². The van der Waals surface area contributed by atoms with Gasteiger partial charge < -0.3 is 0 Å². The van der Waals surface area contributed by atoms with Crippen LogP contribution in [0.2, 0.25) is 0 Å². The zero-order chi connectivity index (χ0) is 11.6. The minimum atomic E-state index is 1.05.